The number of alkyl carbamates (subject to hydrolysis) is 1. The number of amides is 1. The summed E-state index contributed by atoms with van der Waals surface area (Å²) in [4.78, 5) is 24.1. The van der Waals surface area contributed by atoms with Crippen LogP contribution in [-0.4, -0.2) is 30.8 Å². The van der Waals surface area contributed by atoms with Gasteiger partial charge in [0.05, 0.1) is 7.11 Å². The number of carbonyl (C=O) groups is 2. The highest BCUT2D eigenvalue weighted by atomic mass is 16.6. The first kappa shape index (κ1) is 19.5. The maximum atomic E-state index is 12.1. The van der Waals surface area contributed by atoms with Crippen LogP contribution in [0.15, 0.2) is 54.6 Å². The van der Waals surface area contributed by atoms with Crippen molar-refractivity contribution in [2.75, 3.05) is 7.11 Å². The highest BCUT2D eigenvalue weighted by molar-refractivity contribution is 5.81. The Labute approximate surface area is 154 Å². The average Bonchev–Trinajstić information content (AvgIpc) is 2.60. The molecule has 5 heteroatoms. The van der Waals surface area contributed by atoms with Crippen LogP contribution >= 0.6 is 0 Å². The average molecular weight is 355 g/mol. The molecule has 2 rings (SSSR count). The van der Waals surface area contributed by atoms with Crippen molar-refractivity contribution in [3.05, 3.63) is 60.2 Å². The summed E-state index contributed by atoms with van der Waals surface area (Å²) in [5.74, 6) is -0.513. The second-order valence-electron chi connectivity index (χ2n) is 6.99. The van der Waals surface area contributed by atoms with Crippen molar-refractivity contribution in [1.29, 1.82) is 0 Å². The molecule has 0 unspecified atom stereocenters. The molecule has 26 heavy (non-hydrogen) atoms. The highest BCUT2D eigenvalue weighted by Crippen LogP contribution is 2.21. The molecule has 1 atom stereocenters. The van der Waals surface area contributed by atoms with Crippen LogP contribution in [0.4, 0.5) is 4.79 Å². The predicted octanol–water partition coefficient (Wildman–Crippen LogP) is 3.96. The van der Waals surface area contributed by atoms with Crippen molar-refractivity contribution in [2.24, 2.45) is 0 Å². The molecule has 0 bridgehead atoms. The molecule has 0 aliphatic rings. The predicted molar refractivity (Wildman–Crippen MR) is 101 cm³/mol. The van der Waals surface area contributed by atoms with Crippen LogP contribution in [0, 0.1) is 0 Å². The van der Waals surface area contributed by atoms with Crippen molar-refractivity contribution in [3.8, 4) is 11.1 Å². The van der Waals surface area contributed by atoms with Crippen molar-refractivity contribution in [3.63, 3.8) is 0 Å². The number of nitrogens with one attached hydrogen (secondary N) is 1. The maximum absolute atomic E-state index is 12.1. The van der Waals surface area contributed by atoms with Gasteiger partial charge in [0.2, 0.25) is 0 Å². The van der Waals surface area contributed by atoms with E-state index in [0.29, 0.717) is 6.42 Å². The third-order valence-electron chi connectivity index (χ3n) is 3.65. The van der Waals surface area contributed by atoms with Crippen LogP contribution in [0.25, 0.3) is 11.1 Å². The third-order valence-corrected chi connectivity index (χ3v) is 3.65. The molecule has 5 nitrogen and oxygen atoms in total. The van der Waals surface area contributed by atoms with Gasteiger partial charge in [0.1, 0.15) is 11.6 Å². The Bertz CT molecular complexity index is 750. The first-order valence-electron chi connectivity index (χ1n) is 8.50. The molecule has 0 saturated carbocycles. The van der Waals surface area contributed by atoms with Gasteiger partial charge >= 0.3 is 12.1 Å². The summed E-state index contributed by atoms with van der Waals surface area (Å²) in [6, 6.07) is 17.0. The van der Waals surface area contributed by atoms with Crippen LogP contribution < -0.4 is 5.32 Å². The Hall–Kier alpha value is -2.82. The van der Waals surface area contributed by atoms with Gasteiger partial charge < -0.3 is 14.8 Å². The highest BCUT2D eigenvalue weighted by Gasteiger charge is 2.25. The monoisotopic (exact) mass is 355 g/mol. The standard InChI is InChI=1S/C21H25NO4/c1-21(2,3)26-20(24)22-18(19(23)25-4)14-15-9-8-12-17(13-15)16-10-6-5-7-11-16/h5-13,18H,14H2,1-4H3,(H,22,24)/t18-/m1/s1. The molecule has 0 aliphatic carbocycles. The van der Waals surface area contributed by atoms with E-state index in [1.54, 1.807) is 20.8 Å². The third kappa shape index (κ3) is 5.92. The summed E-state index contributed by atoms with van der Waals surface area (Å²) in [6.45, 7) is 5.30. The summed E-state index contributed by atoms with van der Waals surface area (Å²) in [7, 11) is 1.30. The van der Waals surface area contributed by atoms with E-state index in [1.807, 2.05) is 54.6 Å². The number of methoxy groups -OCH3 is 1. The van der Waals surface area contributed by atoms with Crippen molar-refractivity contribution >= 4 is 12.1 Å². The molecular weight excluding hydrogens is 330 g/mol. The quantitative estimate of drug-likeness (QED) is 0.825. The fourth-order valence-electron chi connectivity index (χ4n) is 2.53. The normalized spacial score (nSPS) is 12.2. The van der Waals surface area contributed by atoms with Crippen LogP contribution in [0.2, 0.25) is 0 Å². The maximum Gasteiger partial charge on any atom is 0.408 e. The SMILES string of the molecule is COC(=O)[C@@H](Cc1cccc(-c2ccccc2)c1)NC(=O)OC(C)(C)C. The zero-order valence-corrected chi connectivity index (χ0v) is 15.6. The van der Waals surface area contributed by atoms with Crippen molar-refractivity contribution in [2.45, 2.75) is 38.8 Å². The Morgan fingerprint density at radius 3 is 2.27 bits per heavy atom. The Kier molecular flexibility index (Phi) is 6.39. The van der Waals surface area contributed by atoms with Gasteiger partial charge in [0.15, 0.2) is 0 Å². The summed E-state index contributed by atoms with van der Waals surface area (Å²) >= 11 is 0. The lowest BCUT2D eigenvalue weighted by molar-refractivity contribution is -0.143. The van der Waals surface area contributed by atoms with E-state index in [-0.39, 0.29) is 0 Å². The number of benzene rings is 2. The largest absolute Gasteiger partial charge is 0.467 e. The number of esters is 1. The zero-order chi connectivity index (χ0) is 19.2. The molecule has 0 spiro atoms. The van der Waals surface area contributed by atoms with E-state index in [9.17, 15) is 9.59 Å². The zero-order valence-electron chi connectivity index (χ0n) is 15.6. The lowest BCUT2D eigenvalue weighted by Gasteiger charge is -2.22. The van der Waals surface area contributed by atoms with Gasteiger partial charge in [-0.2, -0.15) is 0 Å². The van der Waals surface area contributed by atoms with Crippen LogP contribution in [-0.2, 0) is 20.7 Å². The second-order valence-corrected chi connectivity index (χ2v) is 6.99. The molecule has 0 heterocycles. The van der Waals surface area contributed by atoms with E-state index >= 15 is 0 Å². The molecule has 0 saturated heterocycles. The lowest BCUT2D eigenvalue weighted by atomic mass is 9.99. The molecule has 0 aliphatic heterocycles. The van der Waals surface area contributed by atoms with Gasteiger partial charge in [-0.15, -0.1) is 0 Å². The molecule has 1 N–H and O–H groups in total. The molecule has 1 amide bonds. The van der Waals surface area contributed by atoms with Crippen LogP contribution in [0.3, 0.4) is 0 Å². The van der Waals surface area contributed by atoms with E-state index in [4.69, 9.17) is 9.47 Å². The second kappa shape index (κ2) is 8.52. The van der Waals surface area contributed by atoms with E-state index in [0.717, 1.165) is 16.7 Å². The van der Waals surface area contributed by atoms with Crippen LogP contribution in [0.1, 0.15) is 26.3 Å². The number of carbonyl (C=O) groups excluding carboxylic acids is 2. The summed E-state index contributed by atoms with van der Waals surface area (Å²) in [5.41, 5.74) is 2.41. The molecule has 0 radical (unpaired) electrons. The fourth-order valence-corrected chi connectivity index (χ4v) is 2.53. The molecule has 0 fully saturated rings. The van der Waals surface area contributed by atoms with E-state index < -0.39 is 23.7 Å². The molecular formula is C21H25NO4. The van der Waals surface area contributed by atoms with Crippen molar-refractivity contribution in [1.82, 2.24) is 5.32 Å². The number of ether oxygens (including phenoxy) is 2. The Morgan fingerprint density at radius 2 is 1.65 bits per heavy atom. The molecule has 2 aromatic carbocycles. The smallest absolute Gasteiger partial charge is 0.408 e. The summed E-state index contributed by atoms with van der Waals surface area (Å²) in [5, 5.41) is 2.60. The minimum absolute atomic E-state index is 0.312. The van der Waals surface area contributed by atoms with E-state index in [1.165, 1.54) is 7.11 Å². The Balaban J connectivity index is 2.16. The first-order chi connectivity index (χ1) is 12.3. The van der Waals surface area contributed by atoms with Crippen molar-refractivity contribution < 1.29 is 19.1 Å². The minimum atomic E-state index is -0.819. The Morgan fingerprint density at radius 1 is 1.00 bits per heavy atom. The summed E-state index contributed by atoms with van der Waals surface area (Å²) in [6.07, 6.45) is -0.334. The number of hydrogen-bond donors (Lipinski definition) is 1. The van der Waals surface area contributed by atoms with Gasteiger partial charge in [-0.05, 0) is 37.5 Å². The lowest BCUT2D eigenvalue weighted by Crippen LogP contribution is -2.45. The fraction of sp³-hybridized carbons (Fsp3) is 0.333. The first-order valence-corrected chi connectivity index (χ1v) is 8.50. The number of hydrogen-bond acceptors (Lipinski definition) is 4. The van der Waals surface area contributed by atoms with Gasteiger partial charge in [-0.3, -0.25) is 0 Å². The van der Waals surface area contributed by atoms with Gasteiger partial charge in [-0.25, -0.2) is 9.59 Å². The van der Waals surface area contributed by atoms with Gasteiger partial charge in [-0.1, -0.05) is 54.6 Å². The minimum Gasteiger partial charge on any atom is -0.467 e. The van der Waals surface area contributed by atoms with Gasteiger partial charge in [0, 0.05) is 6.42 Å². The van der Waals surface area contributed by atoms with E-state index in [2.05, 4.69) is 5.32 Å². The summed E-state index contributed by atoms with van der Waals surface area (Å²) < 4.78 is 10.1. The number of rotatable bonds is 5. The molecule has 138 valence electrons. The molecule has 2 aromatic rings. The molecule has 0 aromatic heterocycles. The van der Waals surface area contributed by atoms with Crippen LogP contribution in [0.5, 0.6) is 0 Å². The topological polar surface area (TPSA) is 64.6 Å². The van der Waals surface area contributed by atoms with Gasteiger partial charge in [0.25, 0.3) is 0 Å².